The van der Waals surface area contributed by atoms with Crippen molar-refractivity contribution in [1.82, 2.24) is 41.6 Å². The molecule has 2 aromatic carbocycles. The van der Waals surface area contributed by atoms with Crippen LogP contribution in [0.15, 0.2) is 72.0 Å². The smallest absolute Gasteiger partial charge is 0.306 e. The number of aliphatic imine (C=N–C) groups is 1. The van der Waals surface area contributed by atoms with Gasteiger partial charge in [0.2, 0.25) is 23.6 Å². The summed E-state index contributed by atoms with van der Waals surface area (Å²) in [5.41, 5.74) is 18.0. The number of aromatic nitrogens is 3. The Morgan fingerprint density at radius 1 is 0.845 bits per heavy atom. The number of hydrogen-bond donors (Lipinski definition) is 9. The minimum atomic E-state index is -0.939. The van der Waals surface area contributed by atoms with Gasteiger partial charge in [0.05, 0.1) is 30.9 Å². The monoisotopic (exact) mass is 808 g/mol. The highest BCUT2D eigenvalue weighted by Crippen LogP contribution is 2.24. The van der Waals surface area contributed by atoms with E-state index >= 15 is 0 Å². The second-order valence-corrected chi connectivity index (χ2v) is 14.1. The first-order chi connectivity index (χ1) is 27.7. The number of nitrogens with zero attached hydrogens (tertiary/aromatic N) is 4. The van der Waals surface area contributed by atoms with Crippen LogP contribution >= 0.6 is 0 Å². The van der Waals surface area contributed by atoms with Crippen LogP contribution in [0.3, 0.4) is 0 Å². The van der Waals surface area contributed by atoms with Gasteiger partial charge in [-0.3, -0.25) is 29.0 Å². The van der Waals surface area contributed by atoms with Crippen molar-refractivity contribution in [3.63, 3.8) is 0 Å². The molecule has 0 saturated heterocycles. The molecule has 1 saturated carbocycles. The molecule has 0 unspecified atom stereocenters. The third kappa shape index (κ3) is 17.0. The van der Waals surface area contributed by atoms with Crippen LogP contribution in [0.2, 0.25) is 0 Å². The number of rotatable bonds is 21. The van der Waals surface area contributed by atoms with Crippen LogP contribution in [0.1, 0.15) is 69.2 Å². The van der Waals surface area contributed by atoms with Gasteiger partial charge in [-0.05, 0) is 82.2 Å². The largest absolute Gasteiger partial charge is 0.481 e. The fourth-order valence-corrected chi connectivity index (χ4v) is 6.33. The van der Waals surface area contributed by atoms with Crippen molar-refractivity contribution >= 4 is 35.6 Å². The minimum absolute atomic E-state index is 0.0170. The second-order valence-electron chi connectivity index (χ2n) is 14.1. The molecule has 19 heteroatoms. The number of carboxylic acid groups (broad SMARTS) is 1. The van der Waals surface area contributed by atoms with E-state index in [0.717, 1.165) is 11.1 Å². The molecule has 18 nitrogen and oxygen atoms in total. The topological polar surface area (TPSA) is 287 Å². The van der Waals surface area contributed by atoms with Crippen molar-refractivity contribution in [2.45, 2.75) is 95.0 Å². The number of nitrogens with two attached hydrogens (primary N) is 3. The first-order valence-electron chi connectivity index (χ1n) is 19.3. The van der Waals surface area contributed by atoms with Gasteiger partial charge in [-0.1, -0.05) is 42.5 Å². The Morgan fingerprint density at radius 3 is 2.05 bits per heavy atom. The van der Waals surface area contributed by atoms with Crippen molar-refractivity contribution in [2.24, 2.45) is 28.1 Å². The maximum atomic E-state index is 13.2. The van der Waals surface area contributed by atoms with E-state index in [4.69, 9.17) is 17.2 Å². The summed E-state index contributed by atoms with van der Waals surface area (Å²) in [6.07, 6.45) is 7.26. The Labute approximate surface area is 337 Å². The van der Waals surface area contributed by atoms with Gasteiger partial charge >= 0.3 is 5.97 Å². The number of benzene rings is 2. The van der Waals surface area contributed by atoms with Crippen molar-refractivity contribution < 1.29 is 33.5 Å². The normalized spacial score (nSPS) is 16.9. The van der Waals surface area contributed by atoms with Crippen LogP contribution in [-0.2, 0) is 36.8 Å². The highest BCUT2D eigenvalue weighted by Gasteiger charge is 2.30. The fraction of sp³-hybridized carbons (Fsp3) is 0.487. The molecule has 58 heavy (non-hydrogen) atoms. The number of unbranched alkanes of at least 4 members (excludes halogenated alkanes) is 1. The zero-order valence-corrected chi connectivity index (χ0v) is 33.0. The number of likely N-dealkylation sites (N-methyl/N-ethyl adjacent to an activating group) is 1. The van der Waals surface area contributed by atoms with E-state index in [1.165, 1.54) is 16.9 Å². The SMILES string of the molecule is CNCC(=O)N[C@H](Cc1ccc(F)cc1)n1nccn1.C[C@H](NC1CCC(C(=O)O)CC1)C(=O)N[C@@H](CCCCN=C(N)N)C(=O)N[C@@H](Cc1ccccc1)C(N)=O. The van der Waals surface area contributed by atoms with Crippen LogP contribution in [-0.4, -0.2) is 100.0 Å². The first kappa shape index (κ1) is 46.4. The molecule has 0 aliphatic heterocycles. The number of guanidine groups is 1. The van der Waals surface area contributed by atoms with E-state index in [1.807, 2.05) is 30.3 Å². The lowest BCUT2D eigenvalue weighted by molar-refractivity contribution is -0.143. The van der Waals surface area contributed by atoms with Crippen molar-refractivity contribution in [3.8, 4) is 0 Å². The predicted octanol–water partition coefficient (Wildman–Crippen LogP) is 0.243. The number of nitrogens with one attached hydrogen (secondary N) is 5. The summed E-state index contributed by atoms with van der Waals surface area (Å²) >= 11 is 0. The molecule has 0 radical (unpaired) electrons. The lowest BCUT2D eigenvalue weighted by Gasteiger charge is -2.30. The minimum Gasteiger partial charge on any atom is -0.481 e. The van der Waals surface area contributed by atoms with Crippen molar-refractivity contribution in [1.29, 1.82) is 0 Å². The van der Waals surface area contributed by atoms with E-state index in [-0.39, 0.29) is 48.5 Å². The van der Waals surface area contributed by atoms with Crippen molar-refractivity contribution in [3.05, 3.63) is 83.9 Å². The number of carbonyl (C=O) groups is 5. The average molecular weight is 809 g/mol. The van der Waals surface area contributed by atoms with E-state index in [9.17, 15) is 33.5 Å². The van der Waals surface area contributed by atoms with Gasteiger partial charge < -0.3 is 48.9 Å². The molecule has 0 spiro atoms. The third-order valence-electron chi connectivity index (χ3n) is 9.45. The number of carbonyl (C=O) groups excluding carboxylic acids is 4. The Bertz CT molecular complexity index is 1750. The first-order valence-corrected chi connectivity index (χ1v) is 19.3. The number of aliphatic carboxylic acids is 1. The predicted molar refractivity (Wildman–Crippen MR) is 215 cm³/mol. The Balaban J connectivity index is 0.000000375. The number of amides is 4. The zero-order valence-electron chi connectivity index (χ0n) is 33.0. The molecule has 4 amide bonds. The molecule has 3 aromatic rings. The summed E-state index contributed by atoms with van der Waals surface area (Å²) in [7, 11) is 1.70. The zero-order chi connectivity index (χ0) is 42.5. The van der Waals surface area contributed by atoms with Gasteiger partial charge in [-0.15, -0.1) is 0 Å². The van der Waals surface area contributed by atoms with Crippen LogP contribution < -0.4 is 43.8 Å². The summed E-state index contributed by atoms with van der Waals surface area (Å²) in [6, 6.07) is 12.9. The molecule has 1 aliphatic rings. The van der Waals surface area contributed by atoms with Gasteiger partial charge in [-0.25, -0.2) is 4.39 Å². The Kier molecular flexibility index (Phi) is 19.7. The molecular weight excluding hydrogens is 752 g/mol. The quantitative estimate of drug-likeness (QED) is 0.0398. The Hall–Kier alpha value is -5.95. The number of carboxylic acids is 1. The molecular formula is C39H57FN12O6. The molecule has 1 aliphatic carbocycles. The lowest BCUT2D eigenvalue weighted by atomic mass is 9.86. The average Bonchev–Trinajstić information content (AvgIpc) is 3.74. The van der Waals surface area contributed by atoms with Gasteiger partial charge in [-0.2, -0.15) is 15.0 Å². The molecule has 0 bridgehead atoms. The molecule has 12 N–H and O–H groups in total. The second kappa shape index (κ2) is 24.6. The number of halogens is 1. The molecule has 1 aromatic heterocycles. The maximum Gasteiger partial charge on any atom is 0.306 e. The molecule has 4 rings (SSSR count). The van der Waals surface area contributed by atoms with Crippen LogP contribution in [0.4, 0.5) is 4.39 Å². The van der Waals surface area contributed by atoms with Gasteiger partial charge in [0.15, 0.2) is 5.96 Å². The van der Waals surface area contributed by atoms with Crippen LogP contribution in [0.25, 0.3) is 0 Å². The number of primary amides is 1. The number of hydrogen-bond acceptors (Lipinski definition) is 10. The highest BCUT2D eigenvalue weighted by atomic mass is 19.1. The standard InChI is InChI=1S/C26H41N7O5.C13H16FN5O/c1-16(31-19-12-10-18(11-13-19)25(37)38)23(35)32-20(9-5-6-14-30-26(28)29)24(36)33-21(22(27)34)15-17-7-3-2-4-8-17;1-15-9-13(20)18-12(19-16-6-7-17-19)8-10-2-4-11(14)5-3-10/h2-4,7-8,16,18-21,31H,5-6,9-15H2,1H3,(H2,27,34)(H,32,35)(H,33,36)(H,37,38)(H4,28,29,30);2-7,12,15H,8-9H2,1H3,(H,18,20)/t16-,18?,19?,20-,21-;12-/m00/s1. The van der Waals surface area contributed by atoms with Gasteiger partial charge in [0.25, 0.3) is 0 Å². The van der Waals surface area contributed by atoms with Gasteiger partial charge in [0.1, 0.15) is 24.1 Å². The lowest BCUT2D eigenvalue weighted by Crippen LogP contribution is -2.56. The van der Waals surface area contributed by atoms with E-state index in [2.05, 4.69) is 41.8 Å². The van der Waals surface area contributed by atoms with Crippen LogP contribution in [0, 0.1) is 11.7 Å². The summed E-state index contributed by atoms with van der Waals surface area (Å²) in [5.74, 6) is -3.15. The maximum absolute atomic E-state index is 13.2. The Morgan fingerprint density at radius 2 is 1.47 bits per heavy atom. The molecule has 316 valence electrons. The van der Waals surface area contributed by atoms with Crippen LogP contribution in [0.5, 0.6) is 0 Å². The molecule has 1 heterocycles. The summed E-state index contributed by atoms with van der Waals surface area (Å²) < 4.78 is 12.9. The van der Waals surface area contributed by atoms with Gasteiger partial charge in [0, 0.05) is 25.4 Å². The van der Waals surface area contributed by atoms with E-state index < -0.39 is 42.1 Å². The molecule has 1 fully saturated rings. The third-order valence-corrected chi connectivity index (χ3v) is 9.45. The summed E-state index contributed by atoms with van der Waals surface area (Å²) in [4.78, 5) is 66.5. The highest BCUT2D eigenvalue weighted by molar-refractivity contribution is 5.92. The summed E-state index contributed by atoms with van der Waals surface area (Å²) in [5, 5.41) is 31.6. The van der Waals surface area contributed by atoms with E-state index in [0.29, 0.717) is 57.9 Å². The molecule has 4 atom stereocenters. The summed E-state index contributed by atoms with van der Waals surface area (Å²) in [6.45, 7) is 2.30. The fourth-order valence-electron chi connectivity index (χ4n) is 6.33. The van der Waals surface area contributed by atoms with E-state index in [1.54, 1.807) is 38.5 Å². The van der Waals surface area contributed by atoms with Crippen molar-refractivity contribution in [2.75, 3.05) is 20.1 Å².